The van der Waals surface area contributed by atoms with Gasteiger partial charge in [0.25, 0.3) is 11.5 Å². The highest BCUT2D eigenvalue weighted by molar-refractivity contribution is 7.89. The van der Waals surface area contributed by atoms with Crippen molar-refractivity contribution in [3.05, 3.63) is 80.8 Å². The molecule has 0 saturated carbocycles. The predicted molar refractivity (Wildman–Crippen MR) is 171 cm³/mol. The summed E-state index contributed by atoms with van der Waals surface area (Å²) in [6, 6.07) is 9.59. The number of benzene rings is 1. The van der Waals surface area contributed by atoms with Crippen LogP contribution in [0.5, 0.6) is 0 Å². The summed E-state index contributed by atoms with van der Waals surface area (Å²) in [7, 11) is -2.14. The maximum atomic E-state index is 14.8. The molecule has 3 atom stereocenters. The number of aryl methyl sites for hydroxylation is 2. The van der Waals surface area contributed by atoms with Crippen molar-refractivity contribution in [1.82, 2.24) is 24.2 Å². The number of carbonyl (C=O) groups excluding carboxylic acids is 1. The van der Waals surface area contributed by atoms with Crippen LogP contribution in [0.4, 0.5) is 21.8 Å². The van der Waals surface area contributed by atoms with Gasteiger partial charge in [-0.3, -0.25) is 14.2 Å². The number of anilines is 3. The van der Waals surface area contributed by atoms with E-state index in [1.54, 1.807) is 32.2 Å². The van der Waals surface area contributed by atoms with Crippen LogP contribution >= 0.6 is 0 Å². The third-order valence-corrected chi connectivity index (χ3v) is 8.97. The van der Waals surface area contributed by atoms with Gasteiger partial charge in [-0.15, -0.1) is 0 Å². The van der Waals surface area contributed by atoms with E-state index in [2.05, 4.69) is 20.2 Å². The second-order valence-corrected chi connectivity index (χ2v) is 13.7. The van der Waals surface area contributed by atoms with Crippen molar-refractivity contribution in [3.63, 3.8) is 0 Å². The molecule has 3 aromatic heterocycles. The fourth-order valence-electron chi connectivity index (χ4n) is 6.38. The summed E-state index contributed by atoms with van der Waals surface area (Å²) in [5.74, 6) is -0.713. The first kappa shape index (κ1) is 30.9. The van der Waals surface area contributed by atoms with Gasteiger partial charge >= 0.3 is 0 Å². The van der Waals surface area contributed by atoms with E-state index >= 15 is 0 Å². The molecule has 5 heterocycles. The van der Waals surface area contributed by atoms with Gasteiger partial charge in [-0.1, -0.05) is 6.07 Å². The molecule has 238 valence electrons. The van der Waals surface area contributed by atoms with Gasteiger partial charge in [-0.25, -0.2) is 32.5 Å². The number of nitriles is 1. The van der Waals surface area contributed by atoms with Crippen LogP contribution in [0.1, 0.15) is 52.3 Å². The van der Waals surface area contributed by atoms with Crippen molar-refractivity contribution >= 4 is 44.3 Å². The Hall–Kier alpha value is -5.10. The largest absolute Gasteiger partial charge is 0.377 e. The standard InChI is InChI=1S/C31H32FN9O4S/c1-16-8-22(18(3)36-25-7-6-17(2)35-27(25)29(42)38-46(5,44)45)26-23(9-16)30(43)39(4)31(37-26)41-15-20-11-21(41)14-40(20)28-24(32)10-19(12-33)13-34-28/h6-10,13,18,20-21,36H,11,14-15H2,1-5H3,(H,38,42)/t18-,20+,21+/m1/s1. The molecule has 2 aliphatic rings. The summed E-state index contributed by atoms with van der Waals surface area (Å²) < 4.78 is 41.8. The highest BCUT2D eigenvalue weighted by Gasteiger charge is 2.46. The Kier molecular flexibility index (Phi) is 7.63. The number of hydrogen-bond donors (Lipinski definition) is 2. The van der Waals surface area contributed by atoms with E-state index in [4.69, 9.17) is 10.2 Å². The number of halogens is 1. The van der Waals surface area contributed by atoms with Crippen LogP contribution in [0.3, 0.4) is 0 Å². The van der Waals surface area contributed by atoms with E-state index in [9.17, 15) is 22.4 Å². The molecule has 0 unspecified atom stereocenters. The number of nitrogens with zero attached hydrogens (tertiary/aromatic N) is 7. The van der Waals surface area contributed by atoms with Crippen LogP contribution in [0.25, 0.3) is 10.9 Å². The van der Waals surface area contributed by atoms with Gasteiger partial charge in [-0.05, 0) is 57.0 Å². The first-order valence-electron chi connectivity index (χ1n) is 14.6. The predicted octanol–water partition coefficient (Wildman–Crippen LogP) is 2.68. The summed E-state index contributed by atoms with van der Waals surface area (Å²) in [4.78, 5) is 44.1. The summed E-state index contributed by atoms with van der Waals surface area (Å²) >= 11 is 0. The molecule has 2 bridgehead atoms. The number of piperazine rings is 1. The van der Waals surface area contributed by atoms with Gasteiger partial charge in [0.15, 0.2) is 17.3 Å². The highest BCUT2D eigenvalue weighted by Crippen LogP contribution is 2.37. The second kappa shape index (κ2) is 11.4. The van der Waals surface area contributed by atoms with E-state index in [-0.39, 0.29) is 34.7 Å². The number of sulfonamides is 1. The number of pyridine rings is 2. The third-order valence-electron chi connectivity index (χ3n) is 8.42. The zero-order chi connectivity index (χ0) is 33.1. The molecule has 0 spiro atoms. The van der Waals surface area contributed by atoms with Gasteiger partial charge in [-0.2, -0.15) is 5.26 Å². The molecule has 15 heteroatoms. The molecule has 4 aromatic rings. The minimum absolute atomic E-state index is 0.0450. The van der Waals surface area contributed by atoms with E-state index in [0.717, 1.165) is 18.2 Å². The Morgan fingerprint density at radius 2 is 1.85 bits per heavy atom. The van der Waals surface area contributed by atoms with Crippen molar-refractivity contribution in [3.8, 4) is 6.07 Å². The number of rotatable bonds is 7. The van der Waals surface area contributed by atoms with Gasteiger partial charge in [0.2, 0.25) is 16.0 Å². The zero-order valence-corrected chi connectivity index (χ0v) is 26.7. The van der Waals surface area contributed by atoms with Crippen LogP contribution in [0.15, 0.2) is 41.3 Å². The molecule has 0 radical (unpaired) electrons. The van der Waals surface area contributed by atoms with Crippen LogP contribution in [0.2, 0.25) is 0 Å². The number of hydrogen-bond acceptors (Lipinski definition) is 11. The van der Waals surface area contributed by atoms with Gasteiger partial charge < -0.3 is 15.1 Å². The molecule has 6 rings (SSSR count). The Morgan fingerprint density at radius 1 is 1.13 bits per heavy atom. The maximum absolute atomic E-state index is 14.8. The smallest absolute Gasteiger partial charge is 0.285 e. The molecular weight excluding hydrogens is 613 g/mol. The van der Waals surface area contributed by atoms with Crippen LogP contribution in [-0.2, 0) is 17.1 Å². The highest BCUT2D eigenvalue weighted by atomic mass is 32.2. The van der Waals surface area contributed by atoms with Gasteiger partial charge in [0.1, 0.15) is 6.07 Å². The fraction of sp³-hybridized carbons (Fsp3) is 0.355. The lowest BCUT2D eigenvalue weighted by Gasteiger charge is -2.36. The Labute approximate surface area is 264 Å². The van der Waals surface area contributed by atoms with E-state index < -0.39 is 27.8 Å². The number of fused-ring (bicyclic) bond motifs is 3. The minimum atomic E-state index is -3.82. The fourth-order valence-corrected chi connectivity index (χ4v) is 6.81. The number of carbonyl (C=O) groups is 1. The minimum Gasteiger partial charge on any atom is -0.377 e. The molecule has 0 aliphatic carbocycles. The molecule has 1 amide bonds. The number of nitrogens with one attached hydrogen (secondary N) is 2. The summed E-state index contributed by atoms with van der Waals surface area (Å²) in [6.45, 7) is 6.42. The third kappa shape index (κ3) is 5.60. The van der Waals surface area contributed by atoms with Crippen LogP contribution in [-0.4, -0.2) is 65.3 Å². The first-order chi connectivity index (χ1) is 21.7. The molecule has 2 aliphatic heterocycles. The van der Waals surface area contributed by atoms with Crippen molar-refractivity contribution in [2.24, 2.45) is 7.05 Å². The molecular formula is C31H32FN9O4S. The summed E-state index contributed by atoms with van der Waals surface area (Å²) in [5.41, 5.74) is 2.75. The first-order valence-corrected chi connectivity index (χ1v) is 16.5. The Balaban J connectivity index is 1.34. The molecule has 46 heavy (non-hydrogen) atoms. The van der Waals surface area contributed by atoms with Crippen molar-refractivity contribution < 1.29 is 17.6 Å². The SMILES string of the molecule is Cc1cc([C@@H](C)Nc2ccc(C)nc2C(=O)NS(C)(=O)=O)c2nc(N3C[C@@H]4C[C@H]3CN4c3ncc(C#N)cc3F)n(C)c(=O)c2c1. The summed E-state index contributed by atoms with van der Waals surface area (Å²) in [5, 5.41) is 12.8. The van der Waals surface area contributed by atoms with E-state index in [1.807, 2.05) is 35.6 Å². The normalized spacial score (nSPS) is 18.1. The monoisotopic (exact) mass is 645 g/mol. The van der Waals surface area contributed by atoms with E-state index in [1.165, 1.54) is 16.8 Å². The van der Waals surface area contributed by atoms with E-state index in [0.29, 0.717) is 46.9 Å². The van der Waals surface area contributed by atoms with Crippen molar-refractivity contribution in [1.29, 1.82) is 5.26 Å². The number of amides is 1. The summed E-state index contributed by atoms with van der Waals surface area (Å²) in [6.07, 6.45) is 2.99. The van der Waals surface area contributed by atoms with Crippen LogP contribution < -0.4 is 25.4 Å². The lowest BCUT2D eigenvalue weighted by atomic mass is 10.0. The lowest BCUT2D eigenvalue weighted by molar-refractivity contribution is 0.0977. The van der Waals surface area contributed by atoms with Gasteiger partial charge in [0.05, 0.1) is 46.5 Å². The quantitative estimate of drug-likeness (QED) is 0.303. The molecule has 2 fully saturated rings. The average Bonchev–Trinajstić information content (AvgIpc) is 3.60. The molecule has 1 aromatic carbocycles. The second-order valence-electron chi connectivity index (χ2n) is 11.9. The van der Waals surface area contributed by atoms with Crippen molar-refractivity contribution in [2.75, 3.05) is 34.5 Å². The number of aromatic nitrogens is 4. The topological polar surface area (TPSA) is 166 Å². The van der Waals surface area contributed by atoms with Crippen LogP contribution in [0, 0.1) is 31.0 Å². The molecule has 2 saturated heterocycles. The average molecular weight is 646 g/mol. The zero-order valence-electron chi connectivity index (χ0n) is 25.9. The lowest BCUT2D eigenvalue weighted by Crippen LogP contribution is -2.49. The molecule has 13 nitrogen and oxygen atoms in total. The Morgan fingerprint density at radius 3 is 2.50 bits per heavy atom. The maximum Gasteiger partial charge on any atom is 0.285 e. The Bertz CT molecular complexity index is 2130. The van der Waals surface area contributed by atoms with Crippen molar-refractivity contribution in [2.45, 2.75) is 45.3 Å². The molecule has 2 N–H and O–H groups in total. The van der Waals surface area contributed by atoms with Gasteiger partial charge in [0, 0.05) is 37.6 Å².